The van der Waals surface area contributed by atoms with Crippen LogP contribution in [-0.4, -0.2) is 46.7 Å². The number of likely N-dealkylation sites (tertiary alicyclic amines) is 1. The molecule has 2 atom stereocenters. The van der Waals surface area contributed by atoms with Crippen molar-refractivity contribution in [3.63, 3.8) is 0 Å². The number of hydrogen-bond acceptors (Lipinski definition) is 4. The van der Waals surface area contributed by atoms with Crippen LogP contribution in [0.15, 0.2) is 12.1 Å². The molecule has 0 aromatic carbocycles. The largest absolute Gasteiger partial charge is 0.481 e. The predicted molar refractivity (Wildman–Crippen MR) is 93.2 cm³/mol. The molecule has 2 aliphatic rings. The van der Waals surface area contributed by atoms with Gasteiger partial charge in [-0.25, -0.2) is 4.79 Å². The van der Waals surface area contributed by atoms with Crippen LogP contribution in [-0.2, 0) is 23.1 Å². The zero-order valence-corrected chi connectivity index (χ0v) is 15.1. The zero-order valence-electron chi connectivity index (χ0n) is 15.1. The first-order valence-electron chi connectivity index (χ1n) is 9.19. The third kappa shape index (κ3) is 3.73. The minimum absolute atomic E-state index is 0.248. The van der Waals surface area contributed by atoms with Gasteiger partial charge in [0.2, 0.25) is 0 Å². The summed E-state index contributed by atoms with van der Waals surface area (Å²) in [5, 5.41) is 9.67. The van der Waals surface area contributed by atoms with E-state index in [9.17, 15) is 14.7 Å². The maximum atomic E-state index is 11.8. The summed E-state index contributed by atoms with van der Waals surface area (Å²) in [4.78, 5) is 25.7. The van der Waals surface area contributed by atoms with Gasteiger partial charge in [0.1, 0.15) is 5.69 Å². The number of ether oxygens (including phenoxy) is 1. The molecule has 1 aliphatic carbocycles. The van der Waals surface area contributed by atoms with E-state index in [-0.39, 0.29) is 17.8 Å². The van der Waals surface area contributed by atoms with Crippen LogP contribution in [0, 0.1) is 17.8 Å². The number of methoxy groups -OCH3 is 1. The quantitative estimate of drug-likeness (QED) is 0.828. The summed E-state index contributed by atoms with van der Waals surface area (Å²) in [6.07, 6.45) is 6.07. The van der Waals surface area contributed by atoms with Gasteiger partial charge in [-0.05, 0) is 24.0 Å². The standard InChI is InChI=1S/C19H28N2O4/c1-20-14(8-9-17(20)19(24)25-2)10-21-11-15(16(12-21)18(22)23)13-6-4-3-5-7-13/h8-9,13,15-16H,3-7,10-12H2,1-2H3,(H,22,23)/t15-,16+/m1/s1. The van der Waals surface area contributed by atoms with Gasteiger partial charge in [0.25, 0.3) is 0 Å². The van der Waals surface area contributed by atoms with Crippen molar-refractivity contribution in [1.29, 1.82) is 0 Å². The first-order valence-corrected chi connectivity index (χ1v) is 9.19. The first-order chi connectivity index (χ1) is 12.0. The van der Waals surface area contributed by atoms with E-state index >= 15 is 0 Å². The summed E-state index contributed by atoms with van der Waals surface area (Å²) in [7, 11) is 3.23. The predicted octanol–water partition coefficient (Wildman–Crippen LogP) is 2.52. The summed E-state index contributed by atoms with van der Waals surface area (Å²) in [6.45, 7) is 2.09. The molecule has 25 heavy (non-hydrogen) atoms. The molecule has 138 valence electrons. The number of nitrogens with zero attached hydrogens (tertiary/aromatic N) is 2. The highest BCUT2D eigenvalue weighted by Crippen LogP contribution is 2.38. The fourth-order valence-corrected chi connectivity index (χ4v) is 4.59. The Morgan fingerprint density at radius 2 is 1.92 bits per heavy atom. The molecule has 2 fully saturated rings. The van der Waals surface area contributed by atoms with Gasteiger partial charge in [-0.1, -0.05) is 32.1 Å². The Morgan fingerprint density at radius 1 is 1.20 bits per heavy atom. The summed E-state index contributed by atoms with van der Waals surface area (Å²) >= 11 is 0. The Balaban J connectivity index is 1.70. The Kier molecular flexibility index (Phi) is 5.47. The lowest BCUT2D eigenvalue weighted by molar-refractivity contribution is -0.143. The highest BCUT2D eigenvalue weighted by molar-refractivity contribution is 5.87. The number of carbonyl (C=O) groups is 2. The maximum absolute atomic E-state index is 11.8. The van der Waals surface area contributed by atoms with Crippen molar-refractivity contribution in [2.75, 3.05) is 20.2 Å². The molecule has 0 bridgehead atoms. The van der Waals surface area contributed by atoms with Crippen LogP contribution in [0.25, 0.3) is 0 Å². The number of carboxylic acid groups (broad SMARTS) is 1. The lowest BCUT2D eigenvalue weighted by atomic mass is 9.75. The average Bonchev–Trinajstić information content (AvgIpc) is 3.20. The third-order valence-electron chi connectivity index (χ3n) is 6.02. The number of esters is 1. The van der Waals surface area contributed by atoms with Crippen molar-refractivity contribution < 1.29 is 19.4 Å². The van der Waals surface area contributed by atoms with Crippen LogP contribution in [0.1, 0.15) is 48.3 Å². The monoisotopic (exact) mass is 348 g/mol. The highest BCUT2D eigenvalue weighted by Gasteiger charge is 2.42. The van der Waals surface area contributed by atoms with Crippen LogP contribution in [0.3, 0.4) is 0 Å². The maximum Gasteiger partial charge on any atom is 0.354 e. The molecule has 0 radical (unpaired) electrons. The Hall–Kier alpha value is -1.82. The van der Waals surface area contributed by atoms with E-state index < -0.39 is 5.97 Å². The molecule has 1 saturated heterocycles. The van der Waals surface area contributed by atoms with Gasteiger partial charge in [-0.2, -0.15) is 0 Å². The van der Waals surface area contributed by atoms with Crippen LogP contribution in [0.2, 0.25) is 0 Å². The van der Waals surface area contributed by atoms with Crippen LogP contribution in [0.5, 0.6) is 0 Å². The molecule has 3 rings (SSSR count). The Morgan fingerprint density at radius 3 is 2.56 bits per heavy atom. The highest BCUT2D eigenvalue weighted by atomic mass is 16.5. The van der Waals surface area contributed by atoms with Crippen molar-refractivity contribution in [2.24, 2.45) is 24.8 Å². The number of rotatable bonds is 5. The first kappa shape index (κ1) is 18.0. The van der Waals surface area contributed by atoms with Gasteiger partial charge in [0.05, 0.1) is 13.0 Å². The van der Waals surface area contributed by atoms with Crippen molar-refractivity contribution in [2.45, 2.75) is 38.6 Å². The molecule has 1 saturated carbocycles. The molecule has 0 amide bonds. The molecule has 2 heterocycles. The Labute approximate surface area is 148 Å². The number of aliphatic carboxylic acids is 1. The minimum Gasteiger partial charge on any atom is -0.481 e. The second kappa shape index (κ2) is 7.60. The molecule has 0 spiro atoms. The fourth-order valence-electron chi connectivity index (χ4n) is 4.59. The van der Waals surface area contributed by atoms with E-state index in [1.165, 1.54) is 39.2 Å². The molecule has 6 nitrogen and oxygen atoms in total. The molecule has 1 aliphatic heterocycles. The molecule has 1 N–H and O–H groups in total. The normalized spacial score (nSPS) is 25.2. The molecule has 0 unspecified atom stereocenters. The second-order valence-electron chi connectivity index (χ2n) is 7.46. The summed E-state index contributed by atoms with van der Waals surface area (Å²) in [6, 6.07) is 3.69. The van der Waals surface area contributed by atoms with E-state index in [1.54, 1.807) is 6.07 Å². The molecule has 1 aromatic rings. The van der Waals surface area contributed by atoms with Crippen LogP contribution >= 0.6 is 0 Å². The third-order valence-corrected chi connectivity index (χ3v) is 6.02. The smallest absolute Gasteiger partial charge is 0.354 e. The fraction of sp³-hybridized carbons (Fsp3) is 0.684. The van der Waals surface area contributed by atoms with Gasteiger partial charge in [-0.3, -0.25) is 9.69 Å². The van der Waals surface area contributed by atoms with Gasteiger partial charge in [0, 0.05) is 32.4 Å². The minimum atomic E-state index is -0.666. The molecule has 1 aromatic heterocycles. The summed E-state index contributed by atoms with van der Waals surface area (Å²) in [5.74, 6) is -0.501. The van der Waals surface area contributed by atoms with Crippen molar-refractivity contribution in [3.05, 3.63) is 23.5 Å². The number of carbonyl (C=O) groups excluding carboxylic acids is 1. The van der Waals surface area contributed by atoms with Crippen molar-refractivity contribution in [3.8, 4) is 0 Å². The molecular weight excluding hydrogens is 320 g/mol. The lowest BCUT2D eigenvalue weighted by Crippen LogP contribution is -2.29. The average molecular weight is 348 g/mol. The van der Waals surface area contributed by atoms with Gasteiger partial charge >= 0.3 is 11.9 Å². The topological polar surface area (TPSA) is 71.8 Å². The van der Waals surface area contributed by atoms with E-state index in [1.807, 2.05) is 17.7 Å². The molecular formula is C19H28N2O4. The van der Waals surface area contributed by atoms with Gasteiger partial charge < -0.3 is 14.4 Å². The zero-order chi connectivity index (χ0) is 18.0. The van der Waals surface area contributed by atoms with Crippen molar-refractivity contribution >= 4 is 11.9 Å². The summed E-state index contributed by atoms with van der Waals surface area (Å²) < 4.78 is 6.64. The number of hydrogen-bond donors (Lipinski definition) is 1. The van der Waals surface area contributed by atoms with E-state index in [0.29, 0.717) is 24.7 Å². The van der Waals surface area contributed by atoms with Crippen LogP contribution in [0.4, 0.5) is 0 Å². The SMILES string of the molecule is COC(=O)c1ccc(CN2C[C@H](C(=O)O)[C@@H](C3CCCCC3)C2)n1C. The van der Waals surface area contributed by atoms with Gasteiger partial charge in [0.15, 0.2) is 0 Å². The lowest BCUT2D eigenvalue weighted by Gasteiger charge is -2.29. The second-order valence-corrected chi connectivity index (χ2v) is 7.46. The Bertz CT molecular complexity index is 633. The molecule has 6 heteroatoms. The van der Waals surface area contributed by atoms with Gasteiger partial charge in [-0.15, -0.1) is 0 Å². The van der Waals surface area contributed by atoms with E-state index in [0.717, 1.165) is 12.2 Å². The van der Waals surface area contributed by atoms with Crippen molar-refractivity contribution in [1.82, 2.24) is 9.47 Å². The van der Waals surface area contributed by atoms with Crippen LogP contribution < -0.4 is 0 Å². The van der Waals surface area contributed by atoms with E-state index in [2.05, 4.69) is 4.90 Å². The number of aromatic nitrogens is 1. The van der Waals surface area contributed by atoms with E-state index in [4.69, 9.17) is 4.74 Å². The summed E-state index contributed by atoms with van der Waals surface area (Å²) in [5.41, 5.74) is 1.53. The number of carboxylic acids is 1.